The number of aromatic hydroxyl groups is 1. The lowest BCUT2D eigenvalue weighted by molar-refractivity contribution is 0.237. The number of ether oxygens (including phenoxy) is 1. The van der Waals surface area contributed by atoms with Gasteiger partial charge in [-0.15, -0.1) is 0 Å². The summed E-state index contributed by atoms with van der Waals surface area (Å²) in [5, 5.41) is 10.5. The number of phenolic OH excluding ortho intramolecular Hbond substituents is 1. The maximum absolute atomic E-state index is 10.5. The van der Waals surface area contributed by atoms with E-state index in [1.165, 1.54) is 6.42 Å². The van der Waals surface area contributed by atoms with Crippen molar-refractivity contribution in [3.05, 3.63) is 59.7 Å². The molecule has 2 aromatic carbocycles. The number of hydrogen-bond donors (Lipinski definition) is 2. The van der Waals surface area contributed by atoms with E-state index in [1.54, 1.807) is 0 Å². The van der Waals surface area contributed by atoms with Crippen molar-refractivity contribution in [2.75, 3.05) is 6.54 Å². The highest BCUT2D eigenvalue weighted by Crippen LogP contribution is 2.48. The van der Waals surface area contributed by atoms with Crippen LogP contribution in [0.2, 0.25) is 0 Å². The molecule has 3 N–H and O–H groups in total. The first-order chi connectivity index (χ1) is 10.2. The van der Waals surface area contributed by atoms with Crippen molar-refractivity contribution in [1.29, 1.82) is 0 Å². The summed E-state index contributed by atoms with van der Waals surface area (Å²) in [6, 6.07) is 15.7. The van der Waals surface area contributed by atoms with Crippen LogP contribution in [-0.2, 0) is 12.0 Å². The Bertz CT molecular complexity index is 600. The topological polar surface area (TPSA) is 55.5 Å². The zero-order valence-corrected chi connectivity index (χ0v) is 12.1. The molecule has 1 aliphatic carbocycles. The van der Waals surface area contributed by atoms with Crippen LogP contribution in [0.25, 0.3) is 0 Å². The van der Waals surface area contributed by atoms with Crippen LogP contribution in [0.4, 0.5) is 0 Å². The third-order valence-electron chi connectivity index (χ3n) is 4.51. The lowest BCUT2D eigenvalue weighted by atomic mass is 9.64. The molecule has 0 saturated heterocycles. The lowest BCUT2D eigenvalue weighted by Crippen LogP contribution is -2.41. The van der Waals surface area contributed by atoms with Gasteiger partial charge in [-0.1, -0.05) is 48.9 Å². The van der Waals surface area contributed by atoms with Crippen LogP contribution in [0, 0.1) is 0 Å². The van der Waals surface area contributed by atoms with E-state index in [0.717, 1.165) is 24.0 Å². The summed E-state index contributed by atoms with van der Waals surface area (Å²) in [5.41, 5.74) is 7.89. The lowest BCUT2D eigenvalue weighted by Gasteiger charge is -2.41. The highest BCUT2D eigenvalue weighted by molar-refractivity contribution is 5.50. The monoisotopic (exact) mass is 283 g/mol. The molecule has 0 aromatic heterocycles. The molecule has 21 heavy (non-hydrogen) atoms. The number of nitrogens with two attached hydrogens (primary N) is 1. The average molecular weight is 283 g/mol. The molecule has 2 aromatic rings. The fourth-order valence-electron chi connectivity index (χ4n) is 2.99. The van der Waals surface area contributed by atoms with Gasteiger partial charge >= 0.3 is 0 Å². The quantitative estimate of drug-likeness (QED) is 0.884. The molecular formula is C18H21NO2. The molecule has 0 heterocycles. The Balaban J connectivity index is 1.80. The van der Waals surface area contributed by atoms with E-state index < -0.39 is 0 Å². The van der Waals surface area contributed by atoms with Crippen molar-refractivity contribution in [3.8, 4) is 11.5 Å². The van der Waals surface area contributed by atoms with E-state index in [1.807, 2.05) is 48.5 Å². The molecule has 1 saturated carbocycles. The Morgan fingerprint density at radius 3 is 2.43 bits per heavy atom. The molecule has 0 unspecified atom stereocenters. The van der Waals surface area contributed by atoms with Gasteiger partial charge in [0.15, 0.2) is 11.5 Å². The second-order valence-corrected chi connectivity index (χ2v) is 5.76. The summed E-state index contributed by atoms with van der Waals surface area (Å²) in [4.78, 5) is 0. The first-order valence-corrected chi connectivity index (χ1v) is 7.44. The first kappa shape index (κ1) is 14.0. The van der Waals surface area contributed by atoms with Gasteiger partial charge in [-0.25, -0.2) is 0 Å². The zero-order valence-electron chi connectivity index (χ0n) is 12.1. The molecule has 0 atom stereocenters. The Labute approximate surface area is 125 Å². The van der Waals surface area contributed by atoms with Crippen LogP contribution in [0.15, 0.2) is 48.5 Å². The predicted molar refractivity (Wildman–Crippen MR) is 83.5 cm³/mol. The minimum atomic E-state index is -0.0593. The molecule has 0 spiro atoms. The van der Waals surface area contributed by atoms with Crippen molar-refractivity contribution in [1.82, 2.24) is 0 Å². The van der Waals surface area contributed by atoms with E-state index in [4.69, 9.17) is 10.5 Å². The third kappa shape index (κ3) is 2.61. The molecule has 3 rings (SSSR count). The van der Waals surface area contributed by atoms with Gasteiger partial charge in [0.1, 0.15) is 6.61 Å². The summed E-state index contributed by atoms with van der Waals surface area (Å²) >= 11 is 0. The fraction of sp³-hybridized carbons (Fsp3) is 0.333. The van der Waals surface area contributed by atoms with E-state index in [0.29, 0.717) is 18.9 Å². The van der Waals surface area contributed by atoms with Crippen molar-refractivity contribution in [2.45, 2.75) is 31.3 Å². The van der Waals surface area contributed by atoms with Gasteiger partial charge in [0, 0.05) is 17.5 Å². The first-order valence-electron chi connectivity index (χ1n) is 7.44. The summed E-state index contributed by atoms with van der Waals surface area (Å²) in [5.74, 6) is 0.787. The van der Waals surface area contributed by atoms with E-state index in [9.17, 15) is 5.11 Å². The second kappa shape index (κ2) is 5.78. The van der Waals surface area contributed by atoms with Crippen LogP contribution in [0.1, 0.15) is 30.4 Å². The Hall–Kier alpha value is -2.00. The number of para-hydroxylation sites is 1. The maximum Gasteiger partial charge on any atom is 0.161 e. The second-order valence-electron chi connectivity index (χ2n) is 5.76. The standard InChI is InChI=1S/C18H21NO2/c19-13-18(10-5-11-18)15-8-4-9-16(17(15)20)21-12-14-6-2-1-3-7-14/h1-4,6-9,20H,5,10-13,19H2. The van der Waals surface area contributed by atoms with Crippen LogP contribution in [0.3, 0.4) is 0 Å². The van der Waals surface area contributed by atoms with Crippen LogP contribution < -0.4 is 10.5 Å². The molecule has 0 aliphatic heterocycles. The van der Waals surface area contributed by atoms with Gasteiger partial charge in [-0.3, -0.25) is 0 Å². The van der Waals surface area contributed by atoms with Gasteiger partial charge in [-0.05, 0) is 24.5 Å². The molecule has 3 nitrogen and oxygen atoms in total. The summed E-state index contributed by atoms with van der Waals surface area (Å²) in [7, 11) is 0. The summed E-state index contributed by atoms with van der Waals surface area (Å²) in [6.07, 6.45) is 3.25. The number of benzene rings is 2. The normalized spacial score (nSPS) is 16.2. The third-order valence-corrected chi connectivity index (χ3v) is 4.51. The van der Waals surface area contributed by atoms with Crippen molar-refractivity contribution < 1.29 is 9.84 Å². The fourth-order valence-corrected chi connectivity index (χ4v) is 2.99. The molecule has 1 fully saturated rings. The van der Waals surface area contributed by atoms with Gasteiger partial charge in [0.05, 0.1) is 0 Å². The number of hydrogen-bond acceptors (Lipinski definition) is 3. The maximum atomic E-state index is 10.5. The van der Waals surface area contributed by atoms with Gasteiger partial charge in [-0.2, -0.15) is 0 Å². The summed E-state index contributed by atoms with van der Waals surface area (Å²) < 4.78 is 5.78. The molecule has 3 heteroatoms. The van der Waals surface area contributed by atoms with Crippen molar-refractivity contribution in [3.63, 3.8) is 0 Å². The SMILES string of the molecule is NCC1(c2cccc(OCc3ccccc3)c2O)CCC1. The van der Waals surface area contributed by atoms with Gasteiger partial charge in [0.25, 0.3) is 0 Å². The van der Waals surface area contributed by atoms with Crippen molar-refractivity contribution >= 4 is 0 Å². The van der Waals surface area contributed by atoms with Crippen LogP contribution in [-0.4, -0.2) is 11.7 Å². The van der Waals surface area contributed by atoms with Gasteiger partial charge in [0.2, 0.25) is 0 Å². The van der Waals surface area contributed by atoms with Crippen molar-refractivity contribution in [2.24, 2.45) is 5.73 Å². The summed E-state index contributed by atoms with van der Waals surface area (Å²) in [6.45, 7) is 1.02. The minimum absolute atomic E-state index is 0.0593. The predicted octanol–water partition coefficient (Wildman–Crippen LogP) is 3.35. The molecule has 1 aliphatic rings. The molecule has 0 amide bonds. The van der Waals surface area contributed by atoms with Gasteiger partial charge < -0.3 is 15.6 Å². The van der Waals surface area contributed by atoms with Crippen LogP contribution >= 0.6 is 0 Å². The smallest absolute Gasteiger partial charge is 0.161 e. The molecule has 110 valence electrons. The van der Waals surface area contributed by atoms with E-state index in [-0.39, 0.29) is 11.2 Å². The minimum Gasteiger partial charge on any atom is -0.504 e. The highest BCUT2D eigenvalue weighted by atomic mass is 16.5. The number of rotatable bonds is 5. The molecule has 0 bridgehead atoms. The Morgan fingerprint density at radius 2 is 1.81 bits per heavy atom. The van der Waals surface area contributed by atoms with E-state index >= 15 is 0 Å². The average Bonchev–Trinajstić information content (AvgIpc) is 2.48. The molecule has 0 radical (unpaired) electrons. The van der Waals surface area contributed by atoms with E-state index in [2.05, 4.69) is 0 Å². The zero-order chi connectivity index (χ0) is 14.7. The number of phenols is 1. The Morgan fingerprint density at radius 1 is 1.05 bits per heavy atom. The highest BCUT2D eigenvalue weighted by Gasteiger charge is 2.39. The van der Waals surface area contributed by atoms with Crippen LogP contribution in [0.5, 0.6) is 11.5 Å². The molecular weight excluding hydrogens is 262 g/mol. The Kier molecular flexibility index (Phi) is 3.84. The largest absolute Gasteiger partial charge is 0.504 e.